The van der Waals surface area contributed by atoms with Crippen molar-refractivity contribution in [3.05, 3.63) is 0 Å². The molecule has 0 radical (unpaired) electrons. The summed E-state index contributed by atoms with van der Waals surface area (Å²) in [5.74, 6) is 0. The summed E-state index contributed by atoms with van der Waals surface area (Å²) >= 11 is 0. The van der Waals surface area contributed by atoms with Gasteiger partial charge in [0.2, 0.25) is 0 Å². The molecule has 1 heterocycles. The number of hydrogen-bond donors (Lipinski definition) is 0. The second kappa shape index (κ2) is 3.80. The molecule has 13 heavy (non-hydrogen) atoms. The zero-order chi connectivity index (χ0) is 9.97. The molecule has 0 N–H and O–H groups in total. The van der Waals surface area contributed by atoms with Gasteiger partial charge in [-0.3, -0.25) is 4.18 Å². The van der Waals surface area contributed by atoms with E-state index < -0.39 is 18.7 Å². The monoisotopic (exact) mass is 224 g/mol. The van der Waals surface area contributed by atoms with Crippen LogP contribution in [0, 0.1) is 0 Å². The molecule has 0 aromatic rings. The van der Waals surface area contributed by atoms with Gasteiger partial charge >= 0.3 is 0 Å². The van der Waals surface area contributed by atoms with E-state index in [2.05, 4.69) is 0 Å². The minimum atomic E-state index is -3.17. The molecule has 80 valence electrons. The van der Waals surface area contributed by atoms with E-state index in [4.69, 9.17) is 8.06 Å². The second-order valence-corrected chi connectivity index (χ2v) is 10.9. The second-order valence-electron chi connectivity index (χ2n) is 4.14. The molecular weight excluding hydrogens is 204 g/mol. The summed E-state index contributed by atoms with van der Waals surface area (Å²) in [6.45, 7) is 0. The Morgan fingerprint density at radius 2 is 1.69 bits per heavy atom. The summed E-state index contributed by atoms with van der Waals surface area (Å²) in [6.07, 6.45) is 6.95. The quantitative estimate of drug-likeness (QED) is 0.681. The topological polar surface area (TPSA) is 35.5 Å². The molecule has 0 aliphatic carbocycles. The maximum atomic E-state index is 12.0. The van der Waals surface area contributed by atoms with Crippen LogP contribution in [0.3, 0.4) is 0 Å². The molecule has 1 fully saturated rings. The van der Waals surface area contributed by atoms with Gasteiger partial charge in [0.1, 0.15) is 0 Å². The van der Waals surface area contributed by atoms with Crippen molar-refractivity contribution in [2.24, 2.45) is 0 Å². The van der Waals surface area contributed by atoms with Crippen LogP contribution in [0.1, 0.15) is 19.3 Å². The van der Waals surface area contributed by atoms with Gasteiger partial charge in [-0.15, -0.1) is 0 Å². The predicted molar refractivity (Wildman–Crippen MR) is 58.7 cm³/mol. The fourth-order valence-electron chi connectivity index (χ4n) is 1.58. The fraction of sp³-hybridized carbons (Fsp3) is 1.00. The number of hydrogen-bond acceptors (Lipinski definition) is 3. The van der Waals surface area contributed by atoms with Gasteiger partial charge in [0.25, 0.3) is 0 Å². The van der Waals surface area contributed by atoms with Crippen LogP contribution in [0.2, 0.25) is 12.1 Å². The molecule has 0 spiro atoms. The third-order valence-corrected chi connectivity index (χ3v) is 8.73. The predicted octanol–water partition coefficient (Wildman–Crippen LogP) is 1.47. The maximum absolute atomic E-state index is 12.0. The molecule has 5 heteroatoms. The molecular formula is C8H20O3SSi. The Balaban J connectivity index is 2.51. The first-order valence-electron chi connectivity index (χ1n) is 4.78. The zero-order valence-electron chi connectivity index (χ0n) is 8.75. The van der Waals surface area contributed by atoms with E-state index in [0.29, 0.717) is 0 Å². The Morgan fingerprint density at radius 1 is 1.15 bits per heavy atom. The van der Waals surface area contributed by atoms with Gasteiger partial charge in [-0.25, -0.2) is 4.21 Å². The molecule has 0 unspecified atom stereocenters. The summed E-state index contributed by atoms with van der Waals surface area (Å²) in [4.78, 5) is 0. The lowest BCUT2D eigenvalue weighted by Crippen LogP contribution is -2.40. The Morgan fingerprint density at radius 3 is 2.15 bits per heavy atom. The van der Waals surface area contributed by atoms with Crippen LogP contribution in [-0.2, 0) is 17.7 Å². The van der Waals surface area contributed by atoms with Crippen LogP contribution in [0.25, 0.3) is 0 Å². The van der Waals surface area contributed by atoms with Gasteiger partial charge < -0.3 is 3.87 Å². The van der Waals surface area contributed by atoms with E-state index in [1.54, 1.807) is 12.5 Å². The molecule has 0 atom stereocenters. The summed E-state index contributed by atoms with van der Waals surface area (Å²) < 4.78 is 22.7. The van der Waals surface area contributed by atoms with Gasteiger partial charge in [0.15, 0.2) is 9.04 Å². The lowest BCUT2D eigenvalue weighted by molar-refractivity contribution is 0.344. The average molecular weight is 224 g/mol. The largest absolute Gasteiger partial charge is 0.340 e. The molecule has 1 saturated heterocycles. The summed E-state index contributed by atoms with van der Waals surface area (Å²) in [5, 5.41) is 0. The standard InChI is InChI=1S/C8H20O3SSi/c1-10-12(2,3,9)11-13-7-5-4-6-8-13/h13H,4-8H2,1-3H3. The zero-order valence-corrected chi connectivity index (χ0v) is 10.7. The lowest BCUT2D eigenvalue weighted by atomic mass is 10.3. The summed E-state index contributed by atoms with van der Waals surface area (Å²) in [7, 11) is -2.94. The van der Waals surface area contributed by atoms with Crippen molar-refractivity contribution < 1.29 is 12.3 Å². The van der Waals surface area contributed by atoms with Gasteiger partial charge in [-0.05, 0) is 12.1 Å². The highest BCUT2D eigenvalue weighted by Crippen LogP contribution is 2.28. The van der Waals surface area contributed by atoms with Crippen molar-refractivity contribution in [3.63, 3.8) is 0 Å². The summed E-state index contributed by atoms with van der Waals surface area (Å²) in [5.41, 5.74) is 0. The van der Waals surface area contributed by atoms with Crippen molar-refractivity contribution >= 4 is 18.7 Å². The summed E-state index contributed by atoms with van der Waals surface area (Å²) in [6, 6.07) is 2.30. The highest BCUT2D eigenvalue weighted by atomic mass is 32.3. The molecule has 0 aromatic heterocycles. The highest BCUT2D eigenvalue weighted by Gasteiger charge is 2.30. The Hall–Kier alpha value is 0.287. The van der Waals surface area contributed by atoms with Crippen molar-refractivity contribution in [2.75, 3.05) is 19.6 Å². The van der Waals surface area contributed by atoms with Crippen LogP contribution in [0.4, 0.5) is 0 Å². The molecule has 0 saturated carbocycles. The van der Waals surface area contributed by atoms with E-state index in [-0.39, 0.29) is 0 Å². The van der Waals surface area contributed by atoms with Gasteiger partial charge in [-0.2, -0.15) is 0 Å². The minimum absolute atomic E-state index is 1.15. The van der Waals surface area contributed by atoms with Crippen LogP contribution in [0.5, 0.6) is 0 Å². The van der Waals surface area contributed by atoms with Crippen molar-refractivity contribution in [3.8, 4) is 0 Å². The maximum Gasteiger partial charge on any atom is 0.199 e. The molecule has 1 rings (SSSR count). The number of rotatable bonds is 3. The van der Waals surface area contributed by atoms with E-state index in [9.17, 15) is 4.21 Å². The van der Waals surface area contributed by atoms with Gasteiger partial charge in [-0.1, -0.05) is 19.3 Å². The van der Waals surface area contributed by atoms with Gasteiger partial charge in [0, 0.05) is 12.5 Å². The SMILES string of the molecule is COS(C)(C)(=O)O[SiH]1CCCCC1. The van der Waals surface area contributed by atoms with Crippen LogP contribution in [-0.4, -0.2) is 32.9 Å². The average Bonchev–Trinajstić information content (AvgIpc) is 2.05. The van der Waals surface area contributed by atoms with E-state index in [1.807, 2.05) is 0 Å². The molecule has 3 nitrogen and oxygen atoms in total. The minimum Gasteiger partial charge on any atom is -0.340 e. The van der Waals surface area contributed by atoms with Crippen molar-refractivity contribution in [1.82, 2.24) is 0 Å². The molecule has 1 aliphatic heterocycles. The first kappa shape index (κ1) is 11.4. The molecule has 0 bridgehead atoms. The third kappa shape index (κ3) is 3.89. The Bertz CT molecular complexity index is 230. The smallest absolute Gasteiger partial charge is 0.199 e. The van der Waals surface area contributed by atoms with E-state index in [1.165, 1.54) is 26.4 Å². The van der Waals surface area contributed by atoms with Crippen LogP contribution < -0.4 is 0 Å². The highest BCUT2D eigenvalue weighted by molar-refractivity contribution is 8.11. The van der Waals surface area contributed by atoms with Crippen molar-refractivity contribution in [2.45, 2.75) is 31.4 Å². The normalized spacial score (nSPS) is 23.8. The van der Waals surface area contributed by atoms with E-state index in [0.717, 1.165) is 12.1 Å². The molecule has 0 aromatic carbocycles. The molecule has 0 amide bonds. The van der Waals surface area contributed by atoms with Crippen LogP contribution >= 0.6 is 0 Å². The van der Waals surface area contributed by atoms with Crippen molar-refractivity contribution in [1.29, 1.82) is 0 Å². The van der Waals surface area contributed by atoms with Gasteiger partial charge in [0.05, 0.1) is 16.7 Å². The first-order valence-corrected chi connectivity index (χ1v) is 9.51. The lowest BCUT2D eigenvalue weighted by Gasteiger charge is -2.37. The molecule has 1 aliphatic rings. The van der Waals surface area contributed by atoms with Crippen LogP contribution in [0.15, 0.2) is 0 Å². The Labute approximate surface area is 82.3 Å². The third-order valence-electron chi connectivity index (χ3n) is 2.43. The van der Waals surface area contributed by atoms with E-state index >= 15 is 0 Å². The Kier molecular flexibility index (Phi) is 3.32. The fourth-order valence-corrected chi connectivity index (χ4v) is 7.51. The first-order chi connectivity index (χ1) is 5.91.